The van der Waals surface area contributed by atoms with E-state index in [1.807, 2.05) is 36.4 Å². The molecule has 136 valence electrons. The molecule has 0 aliphatic rings. The summed E-state index contributed by atoms with van der Waals surface area (Å²) in [5.41, 5.74) is 4.52. The standard InChI is InChI=1S/C25H21N3/c1-3-11-19(12-4-1)26-25(27-20-13-5-2-6-14-20)28-23-17-9-7-15-21(23)22-16-8-10-18-24(22)28/h1-18,25-27H. The Balaban J connectivity index is 1.69. The zero-order valence-corrected chi connectivity index (χ0v) is 15.4. The van der Waals surface area contributed by atoms with Crippen molar-refractivity contribution < 1.29 is 0 Å². The van der Waals surface area contributed by atoms with Gasteiger partial charge in [-0.15, -0.1) is 0 Å². The van der Waals surface area contributed by atoms with Gasteiger partial charge in [0.15, 0.2) is 6.29 Å². The molecule has 0 unspecified atom stereocenters. The fourth-order valence-corrected chi connectivity index (χ4v) is 3.78. The molecule has 5 aromatic rings. The van der Waals surface area contributed by atoms with Crippen LogP contribution in [-0.2, 0) is 0 Å². The van der Waals surface area contributed by atoms with Crippen molar-refractivity contribution in [3.05, 3.63) is 109 Å². The number of hydrogen-bond acceptors (Lipinski definition) is 2. The quantitative estimate of drug-likeness (QED) is 0.350. The fourth-order valence-electron chi connectivity index (χ4n) is 3.78. The molecule has 3 heteroatoms. The summed E-state index contributed by atoms with van der Waals surface area (Å²) in [6, 6.07) is 37.8. The number of fused-ring (bicyclic) bond motifs is 3. The van der Waals surface area contributed by atoms with Crippen LogP contribution < -0.4 is 10.6 Å². The number of nitrogens with zero attached hydrogens (tertiary/aromatic N) is 1. The van der Waals surface area contributed by atoms with Crippen LogP contribution in [0.15, 0.2) is 109 Å². The predicted octanol–water partition coefficient (Wildman–Crippen LogP) is 6.47. The summed E-state index contributed by atoms with van der Waals surface area (Å²) in [5.74, 6) is 0. The molecule has 0 fully saturated rings. The lowest BCUT2D eigenvalue weighted by atomic mass is 10.2. The third kappa shape index (κ3) is 2.97. The summed E-state index contributed by atoms with van der Waals surface area (Å²) >= 11 is 0. The van der Waals surface area contributed by atoms with E-state index in [1.54, 1.807) is 0 Å². The average Bonchev–Trinajstić information content (AvgIpc) is 3.09. The molecule has 2 N–H and O–H groups in total. The molecule has 0 aliphatic heterocycles. The molecule has 0 aliphatic carbocycles. The van der Waals surface area contributed by atoms with Crippen molar-refractivity contribution >= 4 is 33.2 Å². The maximum Gasteiger partial charge on any atom is 0.180 e. The number of hydrogen-bond donors (Lipinski definition) is 2. The minimum absolute atomic E-state index is 0.144. The van der Waals surface area contributed by atoms with Crippen molar-refractivity contribution in [2.45, 2.75) is 6.29 Å². The summed E-state index contributed by atoms with van der Waals surface area (Å²) in [6.07, 6.45) is -0.144. The van der Waals surface area contributed by atoms with E-state index in [1.165, 1.54) is 21.8 Å². The second-order valence-electron chi connectivity index (χ2n) is 6.83. The van der Waals surface area contributed by atoms with E-state index < -0.39 is 0 Å². The summed E-state index contributed by atoms with van der Waals surface area (Å²) in [4.78, 5) is 0. The van der Waals surface area contributed by atoms with Crippen molar-refractivity contribution in [1.82, 2.24) is 4.57 Å². The summed E-state index contributed by atoms with van der Waals surface area (Å²) in [5, 5.41) is 9.85. The van der Waals surface area contributed by atoms with E-state index in [0.29, 0.717) is 0 Å². The minimum atomic E-state index is -0.144. The van der Waals surface area contributed by atoms with E-state index >= 15 is 0 Å². The van der Waals surface area contributed by atoms with Gasteiger partial charge in [0, 0.05) is 22.1 Å². The number of nitrogens with one attached hydrogen (secondary N) is 2. The van der Waals surface area contributed by atoms with Crippen molar-refractivity contribution in [2.75, 3.05) is 10.6 Å². The highest BCUT2D eigenvalue weighted by Gasteiger charge is 2.18. The molecule has 0 spiro atoms. The monoisotopic (exact) mass is 363 g/mol. The van der Waals surface area contributed by atoms with Gasteiger partial charge in [-0.3, -0.25) is 0 Å². The second kappa shape index (κ2) is 7.12. The topological polar surface area (TPSA) is 29.0 Å². The van der Waals surface area contributed by atoms with Crippen LogP contribution in [0.4, 0.5) is 11.4 Å². The molecular formula is C25H21N3. The van der Waals surface area contributed by atoms with Crippen LogP contribution in [0.1, 0.15) is 6.29 Å². The van der Waals surface area contributed by atoms with Crippen LogP contribution in [0, 0.1) is 0 Å². The zero-order chi connectivity index (χ0) is 18.8. The van der Waals surface area contributed by atoms with E-state index in [-0.39, 0.29) is 6.29 Å². The van der Waals surface area contributed by atoms with Gasteiger partial charge in [0.1, 0.15) is 0 Å². The molecule has 3 nitrogen and oxygen atoms in total. The molecule has 0 saturated heterocycles. The highest BCUT2D eigenvalue weighted by Crippen LogP contribution is 2.32. The molecule has 0 saturated carbocycles. The average molecular weight is 363 g/mol. The highest BCUT2D eigenvalue weighted by atomic mass is 15.3. The van der Waals surface area contributed by atoms with Gasteiger partial charge in [0.25, 0.3) is 0 Å². The van der Waals surface area contributed by atoms with Crippen LogP contribution >= 0.6 is 0 Å². The second-order valence-corrected chi connectivity index (χ2v) is 6.83. The van der Waals surface area contributed by atoms with Crippen LogP contribution in [0.5, 0.6) is 0 Å². The van der Waals surface area contributed by atoms with Crippen LogP contribution in [0.2, 0.25) is 0 Å². The smallest absolute Gasteiger partial charge is 0.180 e. The Labute approximate surface area is 164 Å². The summed E-state index contributed by atoms with van der Waals surface area (Å²) in [6.45, 7) is 0. The molecule has 4 aromatic carbocycles. The van der Waals surface area contributed by atoms with E-state index in [0.717, 1.165) is 11.4 Å². The lowest BCUT2D eigenvalue weighted by Gasteiger charge is -2.26. The Hall–Kier alpha value is -3.72. The number of aromatic nitrogens is 1. The van der Waals surface area contributed by atoms with Gasteiger partial charge in [-0.05, 0) is 36.4 Å². The Kier molecular flexibility index (Phi) is 4.19. The van der Waals surface area contributed by atoms with Crippen molar-refractivity contribution in [3.63, 3.8) is 0 Å². The van der Waals surface area contributed by atoms with Crippen molar-refractivity contribution in [2.24, 2.45) is 0 Å². The normalized spacial score (nSPS) is 11.2. The first-order valence-electron chi connectivity index (χ1n) is 9.51. The molecule has 0 amide bonds. The number of rotatable bonds is 5. The molecule has 0 atom stereocenters. The first-order chi connectivity index (χ1) is 13.9. The lowest BCUT2D eigenvalue weighted by molar-refractivity contribution is 0.674. The molecule has 1 aromatic heterocycles. The molecule has 0 radical (unpaired) electrons. The lowest BCUT2D eigenvalue weighted by Crippen LogP contribution is -2.26. The van der Waals surface area contributed by atoms with E-state index in [4.69, 9.17) is 0 Å². The third-order valence-corrected chi connectivity index (χ3v) is 5.03. The van der Waals surface area contributed by atoms with Crippen LogP contribution in [-0.4, -0.2) is 4.57 Å². The first-order valence-corrected chi connectivity index (χ1v) is 9.51. The van der Waals surface area contributed by atoms with Crippen molar-refractivity contribution in [3.8, 4) is 0 Å². The molecular weight excluding hydrogens is 342 g/mol. The maximum atomic E-state index is 3.67. The van der Waals surface area contributed by atoms with Gasteiger partial charge in [-0.1, -0.05) is 72.8 Å². The number of para-hydroxylation sites is 4. The largest absolute Gasteiger partial charge is 0.348 e. The Morgan fingerprint density at radius 2 is 0.857 bits per heavy atom. The predicted molar refractivity (Wildman–Crippen MR) is 119 cm³/mol. The maximum absolute atomic E-state index is 3.67. The Bertz CT molecular complexity index is 1120. The minimum Gasteiger partial charge on any atom is -0.348 e. The van der Waals surface area contributed by atoms with Crippen LogP contribution in [0.25, 0.3) is 21.8 Å². The molecule has 1 heterocycles. The van der Waals surface area contributed by atoms with Gasteiger partial charge in [-0.25, -0.2) is 0 Å². The fraction of sp³-hybridized carbons (Fsp3) is 0.0400. The van der Waals surface area contributed by atoms with Gasteiger partial charge < -0.3 is 15.2 Å². The third-order valence-electron chi connectivity index (χ3n) is 5.03. The van der Waals surface area contributed by atoms with Gasteiger partial charge in [0.2, 0.25) is 0 Å². The molecule has 5 rings (SSSR count). The van der Waals surface area contributed by atoms with E-state index in [9.17, 15) is 0 Å². The van der Waals surface area contributed by atoms with Crippen molar-refractivity contribution in [1.29, 1.82) is 0 Å². The number of anilines is 2. The Morgan fingerprint density at radius 3 is 1.32 bits per heavy atom. The van der Waals surface area contributed by atoms with E-state index in [2.05, 4.69) is 88.0 Å². The van der Waals surface area contributed by atoms with Crippen LogP contribution in [0.3, 0.4) is 0 Å². The van der Waals surface area contributed by atoms with Gasteiger partial charge >= 0.3 is 0 Å². The molecule has 0 bridgehead atoms. The van der Waals surface area contributed by atoms with Gasteiger partial charge in [-0.2, -0.15) is 0 Å². The first kappa shape index (κ1) is 16.5. The summed E-state index contributed by atoms with van der Waals surface area (Å²) < 4.78 is 2.34. The highest BCUT2D eigenvalue weighted by molar-refractivity contribution is 6.08. The number of benzene rings is 4. The molecule has 28 heavy (non-hydrogen) atoms. The Morgan fingerprint density at radius 1 is 0.464 bits per heavy atom. The summed E-state index contributed by atoms with van der Waals surface area (Å²) in [7, 11) is 0. The zero-order valence-electron chi connectivity index (χ0n) is 15.4. The van der Waals surface area contributed by atoms with Gasteiger partial charge in [0.05, 0.1) is 11.0 Å². The SMILES string of the molecule is c1ccc(NC(Nc2ccccc2)n2c3ccccc3c3ccccc32)cc1.